The summed E-state index contributed by atoms with van der Waals surface area (Å²) in [4.78, 5) is 46.0. The standard InChI is InChI=1S/C13H10N2O6/c1-21-12(18)13(8-9(13)11(17)14-10(8)16)6-3-2-4-7(5-6)15(19)20/h2-5,8-9H,1H3,(H,14,16,17). The first-order valence-electron chi connectivity index (χ1n) is 6.12. The van der Waals surface area contributed by atoms with Crippen molar-refractivity contribution in [1.29, 1.82) is 0 Å². The number of nitrogens with one attached hydrogen (secondary N) is 1. The van der Waals surface area contributed by atoms with E-state index in [1.165, 1.54) is 24.3 Å². The first kappa shape index (κ1) is 13.2. The number of imide groups is 1. The number of nitrogens with zero attached hydrogens (tertiary/aromatic N) is 1. The molecule has 1 aliphatic carbocycles. The summed E-state index contributed by atoms with van der Waals surface area (Å²) in [5.41, 5.74) is -1.41. The second kappa shape index (κ2) is 4.11. The fourth-order valence-electron chi connectivity index (χ4n) is 3.16. The normalized spacial score (nSPS) is 29.6. The van der Waals surface area contributed by atoms with Crippen molar-refractivity contribution in [3.8, 4) is 0 Å². The lowest BCUT2D eigenvalue weighted by molar-refractivity contribution is -0.384. The summed E-state index contributed by atoms with van der Waals surface area (Å²) in [6.45, 7) is 0. The van der Waals surface area contributed by atoms with Crippen LogP contribution in [0.1, 0.15) is 5.56 Å². The third-order valence-electron chi connectivity index (χ3n) is 4.07. The van der Waals surface area contributed by atoms with Crippen molar-refractivity contribution < 1.29 is 24.0 Å². The van der Waals surface area contributed by atoms with E-state index in [4.69, 9.17) is 4.74 Å². The fraction of sp³-hybridized carbons (Fsp3) is 0.308. The highest BCUT2D eigenvalue weighted by atomic mass is 16.6. The second-order valence-electron chi connectivity index (χ2n) is 4.98. The van der Waals surface area contributed by atoms with Gasteiger partial charge >= 0.3 is 5.97 Å². The zero-order valence-electron chi connectivity index (χ0n) is 10.9. The molecule has 1 saturated carbocycles. The molecule has 1 saturated heterocycles. The predicted molar refractivity (Wildman–Crippen MR) is 66.9 cm³/mol. The molecule has 108 valence electrons. The molecule has 2 fully saturated rings. The molecule has 1 aromatic carbocycles. The molecule has 3 rings (SSSR count). The average molecular weight is 290 g/mol. The van der Waals surface area contributed by atoms with E-state index in [-0.39, 0.29) is 11.3 Å². The van der Waals surface area contributed by atoms with E-state index in [2.05, 4.69) is 5.32 Å². The van der Waals surface area contributed by atoms with Crippen LogP contribution >= 0.6 is 0 Å². The van der Waals surface area contributed by atoms with Crippen LogP contribution in [0, 0.1) is 22.0 Å². The molecule has 1 N–H and O–H groups in total. The number of nitro benzene ring substituents is 1. The Labute approximate surface area is 118 Å². The van der Waals surface area contributed by atoms with Gasteiger partial charge in [-0.2, -0.15) is 0 Å². The number of carbonyl (C=O) groups is 3. The van der Waals surface area contributed by atoms with Crippen LogP contribution in [0.5, 0.6) is 0 Å². The monoisotopic (exact) mass is 290 g/mol. The van der Waals surface area contributed by atoms with E-state index >= 15 is 0 Å². The van der Waals surface area contributed by atoms with Crippen LogP contribution in [-0.4, -0.2) is 29.8 Å². The molecule has 1 aliphatic heterocycles. The summed E-state index contributed by atoms with van der Waals surface area (Å²) in [6, 6.07) is 5.38. The largest absolute Gasteiger partial charge is 0.468 e. The van der Waals surface area contributed by atoms with E-state index < -0.39 is 40.0 Å². The number of carbonyl (C=O) groups excluding carboxylic acids is 3. The summed E-state index contributed by atoms with van der Waals surface area (Å²) in [5, 5.41) is 13.0. The number of ether oxygens (including phenoxy) is 1. The molecule has 0 spiro atoms. The minimum Gasteiger partial charge on any atom is -0.468 e. The summed E-state index contributed by atoms with van der Waals surface area (Å²) in [5.74, 6) is -3.57. The van der Waals surface area contributed by atoms with Gasteiger partial charge in [0.1, 0.15) is 5.41 Å². The smallest absolute Gasteiger partial charge is 0.317 e. The molecule has 2 amide bonds. The topological polar surface area (TPSA) is 116 Å². The van der Waals surface area contributed by atoms with E-state index in [1.807, 2.05) is 0 Å². The average Bonchev–Trinajstić information content (AvgIpc) is 3.09. The maximum Gasteiger partial charge on any atom is 0.317 e. The van der Waals surface area contributed by atoms with E-state index in [0.29, 0.717) is 0 Å². The van der Waals surface area contributed by atoms with Crippen LogP contribution < -0.4 is 5.32 Å². The number of non-ortho nitro benzene ring substituents is 1. The van der Waals surface area contributed by atoms with Gasteiger partial charge in [-0.15, -0.1) is 0 Å². The number of rotatable bonds is 3. The van der Waals surface area contributed by atoms with Crippen molar-refractivity contribution in [2.75, 3.05) is 7.11 Å². The first-order chi connectivity index (χ1) is 9.94. The maximum atomic E-state index is 12.2. The SMILES string of the molecule is COC(=O)C1(c2cccc([N+](=O)[O-])c2)C2C(=O)NC(=O)C21. The zero-order chi connectivity index (χ0) is 15.4. The van der Waals surface area contributed by atoms with Crippen molar-refractivity contribution in [2.45, 2.75) is 5.41 Å². The summed E-state index contributed by atoms with van der Waals surface area (Å²) >= 11 is 0. The Hall–Kier alpha value is -2.77. The summed E-state index contributed by atoms with van der Waals surface area (Å²) in [6.07, 6.45) is 0. The Balaban J connectivity index is 2.14. The Morgan fingerprint density at radius 2 is 1.95 bits per heavy atom. The molecular weight excluding hydrogens is 280 g/mol. The fourth-order valence-corrected chi connectivity index (χ4v) is 3.16. The van der Waals surface area contributed by atoms with Crippen LogP contribution in [0.2, 0.25) is 0 Å². The third-order valence-corrected chi connectivity index (χ3v) is 4.07. The van der Waals surface area contributed by atoms with Crippen LogP contribution in [-0.2, 0) is 24.5 Å². The lowest BCUT2D eigenvalue weighted by atomic mass is 9.89. The van der Waals surface area contributed by atoms with Crippen molar-refractivity contribution >= 4 is 23.5 Å². The maximum absolute atomic E-state index is 12.2. The van der Waals surface area contributed by atoms with Crippen LogP contribution in [0.4, 0.5) is 5.69 Å². The minimum atomic E-state index is -1.44. The molecule has 8 nitrogen and oxygen atoms in total. The van der Waals surface area contributed by atoms with Crippen molar-refractivity contribution in [3.05, 3.63) is 39.9 Å². The number of benzene rings is 1. The molecule has 2 unspecified atom stereocenters. The second-order valence-corrected chi connectivity index (χ2v) is 4.98. The molecule has 0 radical (unpaired) electrons. The highest BCUT2D eigenvalue weighted by Gasteiger charge is 2.80. The highest BCUT2D eigenvalue weighted by Crippen LogP contribution is 2.63. The predicted octanol–water partition coefficient (Wildman–Crippen LogP) is -0.0920. The van der Waals surface area contributed by atoms with Gasteiger partial charge in [-0.25, -0.2) is 0 Å². The van der Waals surface area contributed by atoms with Crippen molar-refractivity contribution in [2.24, 2.45) is 11.8 Å². The number of methoxy groups -OCH3 is 1. The number of esters is 1. The Morgan fingerprint density at radius 3 is 2.48 bits per heavy atom. The lowest BCUT2D eigenvalue weighted by Crippen LogP contribution is -2.39. The number of nitro groups is 1. The quantitative estimate of drug-likeness (QED) is 0.360. The molecule has 0 aromatic heterocycles. The highest BCUT2D eigenvalue weighted by molar-refractivity contribution is 6.18. The first-order valence-corrected chi connectivity index (χ1v) is 6.12. The number of hydrogen-bond acceptors (Lipinski definition) is 6. The number of piperidine rings is 1. The zero-order valence-corrected chi connectivity index (χ0v) is 10.9. The molecular formula is C13H10N2O6. The van der Waals surface area contributed by atoms with Crippen LogP contribution in [0.25, 0.3) is 0 Å². The van der Waals surface area contributed by atoms with Gasteiger partial charge in [0, 0.05) is 12.1 Å². The Kier molecular flexibility index (Phi) is 2.59. The van der Waals surface area contributed by atoms with E-state index in [9.17, 15) is 24.5 Å². The van der Waals surface area contributed by atoms with E-state index in [1.54, 1.807) is 0 Å². The Morgan fingerprint density at radius 1 is 1.33 bits per heavy atom. The van der Waals surface area contributed by atoms with Gasteiger partial charge in [-0.1, -0.05) is 12.1 Å². The summed E-state index contributed by atoms with van der Waals surface area (Å²) in [7, 11) is 1.15. The van der Waals surface area contributed by atoms with Gasteiger partial charge in [0.25, 0.3) is 5.69 Å². The van der Waals surface area contributed by atoms with Gasteiger partial charge in [-0.3, -0.25) is 29.8 Å². The molecule has 1 heterocycles. The van der Waals surface area contributed by atoms with Gasteiger partial charge in [-0.05, 0) is 5.56 Å². The van der Waals surface area contributed by atoms with Gasteiger partial charge < -0.3 is 4.74 Å². The molecule has 8 heteroatoms. The molecule has 2 atom stereocenters. The van der Waals surface area contributed by atoms with Crippen molar-refractivity contribution in [1.82, 2.24) is 5.32 Å². The van der Waals surface area contributed by atoms with Gasteiger partial charge in [0.15, 0.2) is 0 Å². The molecule has 1 aromatic rings. The van der Waals surface area contributed by atoms with E-state index in [0.717, 1.165) is 7.11 Å². The molecule has 0 bridgehead atoms. The molecule has 2 aliphatic rings. The summed E-state index contributed by atoms with van der Waals surface area (Å²) < 4.78 is 4.72. The number of fused-ring (bicyclic) bond motifs is 1. The van der Waals surface area contributed by atoms with Gasteiger partial charge in [0.2, 0.25) is 11.8 Å². The van der Waals surface area contributed by atoms with Crippen LogP contribution in [0.15, 0.2) is 24.3 Å². The number of amides is 2. The van der Waals surface area contributed by atoms with Crippen LogP contribution in [0.3, 0.4) is 0 Å². The minimum absolute atomic E-state index is 0.214. The lowest BCUT2D eigenvalue weighted by Gasteiger charge is -2.18. The Bertz CT molecular complexity index is 678. The molecule has 21 heavy (non-hydrogen) atoms. The van der Waals surface area contributed by atoms with Crippen molar-refractivity contribution in [3.63, 3.8) is 0 Å². The van der Waals surface area contributed by atoms with Gasteiger partial charge in [0.05, 0.1) is 23.9 Å². The third kappa shape index (κ3) is 1.52. The number of hydrogen-bond donors (Lipinski definition) is 1.